The number of rotatable bonds is 8. The smallest absolute Gasteiger partial charge is 0.437 e. The third-order valence-electron chi connectivity index (χ3n) is 4.88. The number of aliphatic hydroxyl groups excluding tert-OH is 1. The largest absolute Gasteiger partial charge is 0.493 e. The molecule has 0 amide bonds. The molecular weight excluding hydrogens is 426 g/mol. The lowest BCUT2D eigenvalue weighted by Crippen LogP contribution is -2.37. The molecule has 13 nitrogen and oxygen atoms in total. The minimum absolute atomic E-state index is 0.0905. The average molecular weight is 447 g/mol. The predicted octanol–water partition coefficient (Wildman–Crippen LogP) is -0.00700. The summed E-state index contributed by atoms with van der Waals surface area (Å²) >= 11 is 0. The molecule has 170 valence electrons. The number of carbonyl (C=O) groups is 1. The maximum absolute atomic E-state index is 12.4. The highest BCUT2D eigenvalue weighted by atomic mass is 16.6. The fourth-order valence-electron chi connectivity index (χ4n) is 3.24. The number of ketones is 1. The fraction of sp³-hybridized carbons (Fsp3) is 0.368. The fourth-order valence-corrected chi connectivity index (χ4v) is 3.24. The van der Waals surface area contributed by atoms with E-state index in [0.717, 1.165) is 13.7 Å². The molecule has 13 heteroatoms. The first-order valence-electron chi connectivity index (χ1n) is 9.37. The molecule has 0 radical (unpaired) electrons. The van der Waals surface area contributed by atoms with E-state index >= 15 is 0 Å². The van der Waals surface area contributed by atoms with Crippen LogP contribution >= 0.6 is 0 Å². The lowest BCUT2D eigenvalue weighted by Gasteiger charge is -2.15. The zero-order valence-electron chi connectivity index (χ0n) is 17.8. The Bertz CT molecular complexity index is 1340. The Labute approximate surface area is 180 Å². The van der Waals surface area contributed by atoms with Crippen molar-refractivity contribution < 1.29 is 24.3 Å². The molecule has 0 aliphatic heterocycles. The number of benzene rings is 1. The monoisotopic (exact) mass is 447 g/mol. The number of aliphatic hydroxyl groups is 1. The molecule has 2 aromatic heterocycles. The van der Waals surface area contributed by atoms with E-state index in [1.165, 1.54) is 46.3 Å². The normalized spacial score (nSPS) is 12.0. The predicted molar refractivity (Wildman–Crippen MR) is 111 cm³/mol. The number of nitrogens with zero attached hydrogens (tertiary/aromatic N) is 5. The van der Waals surface area contributed by atoms with Crippen LogP contribution in [0.1, 0.15) is 17.3 Å². The van der Waals surface area contributed by atoms with Gasteiger partial charge in [-0.2, -0.15) is 0 Å². The molecule has 0 saturated heterocycles. The van der Waals surface area contributed by atoms with Gasteiger partial charge in [0.25, 0.3) is 5.52 Å². The molecule has 0 aliphatic carbocycles. The molecule has 0 aliphatic rings. The third-order valence-corrected chi connectivity index (χ3v) is 4.88. The van der Waals surface area contributed by atoms with E-state index in [-0.39, 0.29) is 41.6 Å². The molecule has 2 heterocycles. The second-order valence-electron chi connectivity index (χ2n) is 7.04. The van der Waals surface area contributed by atoms with Crippen LogP contribution in [0.2, 0.25) is 0 Å². The van der Waals surface area contributed by atoms with Gasteiger partial charge in [-0.3, -0.25) is 18.7 Å². The topological polar surface area (TPSA) is 161 Å². The number of imidazole rings is 1. The van der Waals surface area contributed by atoms with Crippen LogP contribution in [0.25, 0.3) is 11.2 Å². The zero-order valence-corrected chi connectivity index (χ0v) is 17.8. The van der Waals surface area contributed by atoms with Crippen molar-refractivity contribution in [3.63, 3.8) is 0 Å². The van der Waals surface area contributed by atoms with Gasteiger partial charge in [0.1, 0.15) is 19.3 Å². The molecule has 3 rings (SSSR count). The van der Waals surface area contributed by atoms with Gasteiger partial charge in [-0.25, -0.2) is 9.36 Å². The molecule has 0 spiro atoms. The van der Waals surface area contributed by atoms with Crippen LogP contribution in [0.3, 0.4) is 0 Å². The summed E-state index contributed by atoms with van der Waals surface area (Å²) in [5.74, 6) is -0.329. The number of aryl methyl sites for hydroxylation is 1. The van der Waals surface area contributed by atoms with Crippen molar-refractivity contribution >= 4 is 22.9 Å². The number of hydrogen-bond donors (Lipinski definition) is 1. The van der Waals surface area contributed by atoms with Crippen LogP contribution in [0, 0.1) is 10.1 Å². The molecule has 3 aromatic rings. The second-order valence-corrected chi connectivity index (χ2v) is 7.04. The van der Waals surface area contributed by atoms with Gasteiger partial charge in [0.2, 0.25) is 5.65 Å². The van der Waals surface area contributed by atoms with E-state index in [4.69, 9.17) is 9.47 Å². The van der Waals surface area contributed by atoms with E-state index in [1.807, 2.05) is 0 Å². The summed E-state index contributed by atoms with van der Waals surface area (Å²) in [6.45, 7) is 0.731. The number of methoxy groups -OCH3 is 1. The Balaban J connectivity index is 1.92. The van der Waals surface area contributed by atoms with Gasteiger partial charge in [0.05, 0.1) is 7.11 Å². The van der Waals surface area contributed by atoms with Crippen molar-refractivity contribution in [1.82, 2.24) is 18.7 Å². The maximum Gasteiger partial charge on any atom is 0.437 e. The molecule has 0 fully saturated rings. The number of carbonyl (C=O) groups excluding carboxylic acids is 1. The Hall–Kier alpha value is -4.00. The van der Waals surface area contributed by atoms with E-state index in [2.05, 4.69) is 4.98 Å². The molecule has 1 aromatic carbocycles. The Morgan fingerprint density at radius 1 is 1.25 bits per heavy atom. The number of aromatic nitrogens is 4. The number of hydrogen-bond acceptors (Lipinski definition) is 9. The highest BCUT2D eigenvalue weighted by Gasteiger charge is 2.29. The summed E-state index contributed by atoms with van der Waals surface area (Å²) in [6.07, 6.45) is -1.28. The number of ether oxygens (including phenoxy) is 2. The summed E-state index contributed by atoms with van der Waals surface area (Å²) < 4.78 is 13.6. The van der Waals surface area contributed by atoms with Crippen LogP contribution in [0.5, 0.6) is 11.5 Å². The van der Waals surface area contributed by atoms with Gasteiger partial charge in [-0.15, -0.1) is 0 Å². The SMILES string of the molecule is COc1cc(C(C)=O)ccc1OC[C@H](O)Cn1c([N+](=O)[O-])nc2c(=O)n(C)c(=O)n(C)c21. The summed E-state index contributed by atoms with van der Waals surface area (Å²) in [5.41, 5.74) is -1.42. The van der Waals surface area contributed by atoms with Crippen molar-refractivity contribution in [2.75, 3.05) is 13.7 Å². The molecule has 0 saturated carbocycles. The summed E-state index contributed by atoms with van der Waals surface area (Å²) in [5, 5.41) is 22.0. The van der Waals surface area contributed by atoms with Gasteiger partial charge < -0.3 is 24.7 Å². The summed E-state index contributed by atoms with van der Waals surface area (Å²) in [4.78, 5) is 50.6. The Morgan fingerprint density at radius 2 is 1.94 bits per heavy atom. The molecule has 1 N–H and O–H groups in total. The van der Waals surface area contributed by atoms with E-state index < -0.39 is 28.2 Å². The summed E-state index contributed by atoms with van der Waals surface area (Å²) in [6, 6.07) is 4.53. The molecule has 0 unspecified atom stereocenters. The molecule has 1 atom stereocenters. The first-order valence-corrected chi connectivity index (χ1v) is 9.37. The van der Waals surface area contributed by atoms with Crippen LogP contribution in [0.15, 0.2) is 27.8 Å². The van der Waals surface area contributed by atoms with Crippen LogP contribution in [0.4, 0.5) is 5.95 Å². The van der Waals surface area contributed by atoms with Crippen molar-refractivity contribution in [2.24, 2.45) is 14.1 Å². The first-order chi connectivity index (χ1) is 15.1. The van der Waals surface area contributed by atoms with Gasteiger partial charge >= 0.3 is 17.2 Å². The van der Waals surface area contributed by atoms with Gasteiger partial charge in [0, 0.05) is 19.7 Å². The van der Waals surface area contributed by atoms with Crippen molar-refractivity contribution in [3.8, 4) is 11.5 Å². The van der Waals surface area contributed by atoms with Crippen molar-refractivity contribution in [3.05, 3.63) is 54.7 Å². The Morgan fingerprint density at radius 3 is 2.53 bits per heavy atom. The molecule has 0 bridgehead atoms. The number of nitro groups is 1. The lowest BCUT2D eigenvalue weighted by atomic mass is 10.1. The van der Waals surface area contributed by atoms with Crippen molar-refractivity contribution in [2.45, 2.75) is 19.6 Å². The lowest BCUT2D eigenvalue weighted by molar-refractivity contribution is -0.396. The minimum atomic E-state index is -1.28. The Kier molecular flexibility index (Phi) is 6.11. The molecule has 32 heavy (non-hydrogen) atoms. The van der Waals surface area contributed by atoms with Crippen molar-refractivity contribution in [1.29, 1.82) is 0 Å². The number of Topliss-reactive ketones (excluding diaryl/α,β-unsaturated/α-hetero) is 1. The van der Waals surface area contributed by atoms with E-state index in [9.17, 15) is 29.6 Å². The average Bonchev–Trinajstić information content (AvgIpc) is 3.14. The van der Waals surface area contributed by atoms with E-state index in [0.29, 0.717) is 5.56 Å². The summed E-state index contributed by atoms with van der Waals surface area (Å²) in [7, 11) is 3.98. The van der Waals surface area contributed by atoms with E-state index in [1.54, 1.807) is 0 Å². The quantitative estimate of drug-likeness (QED) is 0.284. The second kappa shape index (κ2) is 8.63. The van der Waals surface area contributed by atoms with Gasteiger partial charge in [0.15, 0.2) is 17.3 Å². The van der Waals surface area contributed by atoms with Gasteiger partial charge in [-0.05, 0) is 30.0 Å². The highest BCUT2D eigenvalue weighted by molar-refractivity contribution is 5.94. The zero-order chi connectivity index (χ0) is 23.7. The van der Waals surface area contributed by atoms with Crippen LogP contribution in [-0.4, -0.2) is 54.3 Å². The third kappa shape index (κ3) is 3.97. The minimum Gasteiger partial charge on any atom is -0.493 e. The first kappa shape index (κ1) is 22.7. The van der Waals surface area contributed by atoms with Crippen LogP contribution < -0.4 is 20.7 Å². The number of fused-ring (bicyclic) bond motifs is 1. The molecular formula is C19H21N5O8. The highest BCUT2D eigenvalue weighted by Crippen LogP contribution is 2.28. The van der Waals surface area contributed by atoms with Gasteiger partial charge in [-0.1, -0.05) is 4.98 Å². The maximum atomic E-state index is 12.4. The van der Waals surface area contributed by atoms with Crippen LogP contribution in [-0.2, 0) is 20.6 Å². The standard InChI is InChI=1S/C19H21N5O8/c1-10(25)11-5-6-13(14(7-11)31-4)32-9-12(26)8-23-16-15(20-18(23)24(29)30)17(27)22(3)19(28)21(16)2/h5-7,12,26H,8-9H2,1-4H3/t12-/m1/s1.